The zero-order chi connectivity index (χ0) is 21.1. The molecule has 0 unspecified atom stereocenters. The lowest BCUT2D eigenvalue weighted by Crippen LogP contribution is -2.40. The van der Waals surface area contributed by atoms with Gasteiger partial charge in [-0.1, -0.05) is 17.8 Å². The second-order valence-corrected chi connectivity index (χ2v) is 8.87. The zero-order valence-corrected chi connectivity index (χ0v) is 18.5. The quantitative estimate of drug-likeness (QED) is 0.487. The highest BCUT2D eigenvalue weighted by molar-refractivity contribution is 7.98. The smallest absolute Gasteiger partial charge is 0.270 e. The van der Waals surface area contributed by atoms with Crippen molar-refractivity contribution in [1.82, 2.24) is 24.8 Å². The number of likely N-dealkylation sites (tertiary alicyclic amines) is 1. The first-order valence-electron chi connectivity index (χ1n) is 10.3. The maximum Gasteiger partial charge on any atom is 0.270 e. The highest BCUT2D eigenvalue weighted by Crippen LogP contribution is 2.30. The van der Waals surface area contributed by atoms with Gasteiger partial charge in [-0.2, -0.15) is 0 Å². The Hall–Kier alpha value is -2.67. The van der Waals surface area contributed by atoms with Crippen molar-refractivity contribution < 1.29 is 4.79 Å². The molecular formula is C23H27N5OS. The van der Waals surface area contributed by atoms with E-state index < -0.39 is 0 Å². The van der Waals surface area contributed by atoms with Crippen LogP contribution in [0, 0.1) is 20.8 Å². The Morgan fingerprint density at radius 3 is 2.83 bits per heavy atom. The molecule has 1 atom stereocenters. The van der Waals surface area contributed by atoms with Crippen LogP contribution in [0.15, 0.2) is 41.8 Å². The number of piperidine rings is 1. The van der Waals surface area contributed by atoms with E-state index in [-0.39, 0.29) is 11.8 Å². The monoisotopic (exact) mass is 421 g/mol. The van der Waals surface area contributed by atoms with Gasteiger partial charge >= 0.3 is 0 Å². The lowest BCUT2D eigenvalue weighted by atomic mass is 9.92. The predicted octanol–water partition coefficient (Wildman–Crippen LogP) is 4.44. The van der Waals surface area contributed by atoms with Crippen LogP contribution in [0.4, 0.5) is 0 Å². The maximum atomic E-state index is 13.1. The molecule has 0 saturated carbocycles. The minimum Gasteiger partial charge on any atom is -0.354 e. The average Bonchev–Trinajstić information content (AvgIpc) is 3.11. The molecule has 4 heterocycles. The Labute approximate surface area is 181 Å². The molecule has 0 aliphatic carbocycles. The minimum absolute atomic E-state index is 0.0850. The maximum absolute atomic E-state index is 13.1. The van der Waals surface area contributed by atoms with Crippen LogP contribution in [0.25, 0.3) is 0 Å². The molecule has 1 fully saturated rings. The largest absolute Gasteiger partial charge is 0.354 e. The van der Waals surface area contributed by atoms with Crippen molar-refractivity contribution in [2.24, 2.45) is 0 Å². The third-order valence-corrected chi connectivity index (χ3v) is 6.42. The Balaban J connectivity index is 1.48. The van der Waals surface area contributed by atoms with Gasteiger partial charge in [-0.05, 0) is 62.9 Å². The summed E-state index contributed by atoms with van der Waals surface area (Å²) in [7, 11) is 0. The number of amides is 1. The van der Waals surface area contributed by atoms with E-state index in [0.717, 1.165) is 58.5 Å². The van der Waals surface area contributed by atoms with Crippen molar-refractivity contribution in [1.29, 1.82) is 0 Å². The number of carbonyl (C=O) groups excluding carboxylic acids is 1. The number of pyridine rings is 1. The van der Waals surface area contributed by atoms with Crippen molar-refractivity contribution in [3.05, 3.63) is 70.6 Å². The first-order chi connectivity index (χ1) is 14.5. The summed E-state index contributed by atoms with van der Waals surface area (Å²) in [6.07, 6.45) is 5.73. The predicted molar refractivity (Wildman–Crippen MR) is 119 cm³/mol. The van der Waals surface area contributed by atoms with Crippen molar-refractivity contribution in [3.8, 4) is 0 Å². The van der Waals surface area contributed by atoms with Crippen LogP contribution in [0.5, 0.6) is 0 Å². The van der Waals surface area contributed by atoms with Gasteiger partial charge in [-0.3, -0.25) is 9.78 Å². The molecule has 1 aliphatic heterocycles. The zero-order valence-electron chi connectivity index (χ0n) is 17.7. The number of rotatable bonds is 5. The number of aromatic amines is 1. The fraction of sp³-hybridized carbons (Fsp3) is 0.391. The fourth-order valence-electron chi connectivity index (χ4n) is 4.04. The van der Waals surface area contributed by atoms with Crippen LogP contribution in [0.1, 0.15) is 57.5 Å². The topological polar surface area (TPSA) is 74.8 Å². The molecule has 6 nitrogen and oxygen atoms in total. The van der Waals surface area contributed by atoms with E-state index in [9.17, 15) is 4.79 Å². The van der Waals surface area contributed by atoms with Gasteiger partial charge in [0.05, 0.1) is 11.4 Å². The van der Waals surface area contributed by atoms with E-state index in [1.807, 2.05) is 49.2 Å². The van der Waals surface area contributed by atoms with E-state index in [2.05, 4.69) is 21.9 Å². The minimum atomic E-state index is 0.0850. The van der Waals surface area contributed by atoms with Gasteiger partial charge in [0.25, 0.3) is 5.91 Å². The van der Waals surface area contributed by atoms with Gasteiger partial charge in [0.15, 0.2) is 5.16 Å². The summed E-state index contributed by atoms with van der Waals surface area (Å²) in [4.78, 5) is 32.0. The molecule has 3 aromatic heterocycles. The summed E-state index contributed by atoms with van der Waals surface area (Å²) in [5, 5.41) is 0.764. The fourth-order valence-corrected chi connectivity index (χ4v) is 4.77. The number of nitrogens with zero attached hydrogens (tertiary/aromatic N) is 4. The molecule has 4 rings (SSSR count). The summed E-state index contributed by atoms with van der Waals surface area (Å²) < 4.78 is 0. The molecule has 1 amide bonds. The number of carbonyl (C=O) groups is 1. The third kappa shape index (κ3) is 4.56. The van der Waals surface area contributed by atoms with Crippen LogP contribution in [-0.4, -0.2) is 43.8 Å². The summed E-state index contributed by atoms with van der Waals surface area (Å²) in [6, 6.07) is 7.94. The summed E-state index contributed by atoms with van der Waals surface area (Å²) in [5.41, 5.74) is 5.89. The number of aryl methyl sites for hydroxylation is 3. The Kier molecular flexibility index (Phi) is 6.18. The molecule has 1 saturated heterocycles. The van der Waals surface area contributed by atoms with Crippen molar-refractivity contribution in [3.63, 3.8) is 0 Å². The van der Waals surface area contributed by atoms with E-state index >= 15 is 0 Å². The standard InChI is InChI=1S/C23H27N5OS/c1-15-11-17(3)26-21(15)22(29)28-10-6-7-18(13-28)20-16(2)12-25-23(27-20)30-14-19-8-4-5-9-24-19/h4-5,8-9,11-12,18,26H,6-7,10,13-14H2,1-3H3/t18-/m1/s1. The van der Waals surface area contributed by atoms with Crippen LogP contribution in [0.2, 0.25) is 0 Å². The third-order valence-electron chi connectivity index (χ3n) is 5.52. The molecule has 0 bridgehead atoms. The van der Waals surface area contributed by atoms with Crippen molar-refractivity contribution in [2.45, 2.75) is 50.4 Å². The second kappa shape index (κ2) is 9.00. The van der Waals surface area contributed by atoms with E-state index in [1.165, 1.54) is 0 Å². The van der Waals surface area contributed by atoms with Gasteiger partial charge < -0.3 is 9.88 Å². The van der Waals surface area contributed by atoms with Crippen LogP contribution in [-0.2, 0) is 5.75 Å². The molecule has 156 valence electrons. The highest BCUT2D eigenvalue weighted by atomic mass is 32.2. The molecule has 3 aromatic rings. The van der Waals surface area contributed by atoms with E-state index in [1.54, 1.807) is 18.0 Å². The molecular weight excluding hydrogens is 394 g/mol. The number of hydrogen-bond donors (Lipinski definition) is 1. The first kappa shape index (κ1) is 20.6. The number of H-pyrrole nitrogens is 1. The summed E-state index contributed by atoms with van der Waals surface area (Å²) in [6.45, 7) is 7.51. The first-order valence-corrected chi connectivity index (χ1v) is 11.3. The average molecular weight is 422 g/mol. The van der Waals surface area contributed by atoms with Crippen LogP contribution < -0.4 is 0 Å². The van der Waals surface area contributed by atoms with Crippen LogP contribution >= 0.6 is 11.8 Å². The molecule has 7 heteroatoms. The number of thioether (sulfide) groups is 1. The van der Waals surface area contributed by atoms with Gasteiger partial charge in [0, 0.05) is 42.8 Å². The number of hydrogen-bond acceptors (Lipinski definition) is 5. The normalized spacial score (nSPS) is 16.6. The summed E-state index contributed by atoms with van der Waals surface area (Å²) in [5.74, 6) is 1.06. The molecule has 30 heavy (non-hydrogen) atoms. The molecule has 0 aromatic carbocycles. The Bertz CT molecular complexity index is 1030. The van der Waals surface area contributed by atoms with Gasteiger partial charge in [-0.15, -0.1) is 0 Å². The second-order valence-electron chi connectivity index (χ2n) is 7.93. The molecule has 0 radical (unpaired) electrons. The van der Waals surface area contributed by atoms with Crippen molar-refractivity contribution in [2.75, 3.05) is 13.1 Å². The molecule has 1 N–H and O–H groups in total. The Morgan fingerprint density at radius 1 is 1.23 bits per heavy atom. The van der Waals surface area contributed by atoms with Gasteiger partial charge in [0.2, 0.25) is 0 Å². The Morgan fingerprint density at radius 2 is 2.10 bits per heavy atom. The van der Waals surface area contributed by atoms with Gasteiger partial charge in [-0.25, -0.2) is 9.97 Å². The SMILES string of the molecule is Cc1cc(C)c(C(=O)N2CCC[C@@H](c3nc(SCc4ccccn4)ncc3C)C2)[nH]1. The number of nitrogens with one attached hydrogen (secondary N) is 1. The molecule has 1 aliphatic rings. The molecule has 0 spiro atoms. The summed E-state index contributed by atoms with van der Waals surface area (Å²) >= 11 is 1.60. The number of aromatic nitrogens is 4. The van der Waals surface area contributed by atoms with E-state index in [0.29, 0.717) is 12.2 Å². The lowest BCUT2D eigenvalue weighted by Gasteiger charge is -2.33. The lowest BCUT2D eigenvalue weighted by molar-refractivity contribution is 0.0699. The van der Waals surface area contributed by atoms with Crippen molar-refractivity contribution >= 4 is 17.7 Å². The van der Waals surface area contributed by atoms with Crippen LogP contribution in [0.3, 0.4) is 0 Å². The van der Waals surface area contributed by atoms with Gasteiger partial charge in [0.1, 0.15) is 5.69 Å². The van der Waals surface area contributed by atoms with E-state index in [4.69, 9.17) is 4.98 Å². The highest BCUT2D eigenvalue weighted by Gasteiger charge is 2.29.